The minimum atomic E-state index is 0.210. The number of aliphatic hydroxyl groups is 1. The van der Waals surface area contributed by atoms with Gasteiger partial charge in [-0.05, 0) is 5.56 Å². The molecule has 1 fully saturated rings. The number of aromatic nitrogens is 2. The lowest BCUT2D eigenvalue weighted by atomic mass is 10.2. The van der Waals surface area contributed by atoms with Gasteiger partial charge in [0.15, 0.2) is 0 Å². The lowest BCUT2D eigenvalue weighted by molar-refractivity contribution is 0.187. The molecule has 1 aromatic heterocycles. The molecule has 6 heteroatoms. The summed E-state index contributed by atoms with van der Waals surface area (Å²) < 4.78 is 5.76. The Morgan fingerprint density at radius 1 is 1.05 bits per heavy atom. The normalized spacial score (nSPS) is 16.3. The molecule has 3 rings (SSSR count). The third-order valence-electron chi connectivity index (χ3n) is 3.71. The van der Waals surface area contributed by atoms with Gasteiger partial charge >= 0.3 is 6.01 Å². The zero-order valence-corrected chi connectivity index (χ0v) is 12.0. The summed E-state index contributed by atoms with van der Waals surface area (Å²) in [6.07, 6.45) is 0.665. The van der Waals surface area contributed by atoms with Gasteiger partial charge in [-0.2, -0.15) is 0 Å². The van der Waals surface area contributed by atoms with Crippen molar-refractivity contribution in [3.63, 3.8) is 0 Å². The van der Waals surface area contributed by atoms with Gasteiger partial charge < -0.3 is 14.4 Å². The average Bonchev–Trinajstić information content (AvgIpc) is 2.98. The predicted octanol–water partition coefficient (Wildman–Crippen LogP) is 0.775. The molecule has 1 saturated heterocycles. The van der Waals surface area contributed by atoms with Crippen molar-refractivity contribution in [1.29, 1.82) is 0 Å². The monoisotopic (exact) mass is 288 g/mol. The van der Waals surface area contributed by atoms with Crippen molar-refractivity contribution in [1.82, 2.24) is 15.1 Å². The van der Waals surface area contributed by atoms with Crippen molar-refractivity contribution in [2.45, 2.75) is 6.42 Å². The van der Waals surface area contributed by atoms with Crippen LogP contribution in [0.15, 0.2) is 34.7 Å². The van der Waals surface area contributed by atoms with Crippen LogP contribution in [0.5, 0.6) is 0 Å². The quantitative estimate of drug-likeness (QED) is 0.877. The summed E-state index contributed by atoms with van der Waals surface area (Å²) in [5.41, 5.74) is 1.17. The molecule has 0 unspecified atom stereocenters. The van der Waals surface area contributed by atoms with Crippen molar-refractivity contribution in [2.75, 3.05) is 44.2 Å². The predicted molar refractivity (Wildman–Crippen MR) is 79.3 cm³/mol. The zero-order chi connectivity index (χ0) is 14.5. The van der Waals surface area contributed by atoms with E-state index in [1.54, 1.807) is 0 Å². The molecule has 1 aliphatic rings. The Balaban J connectivity index is 1.58. The Labute approximate surface area is 124 Å². The summed E-state index contributed by atoms with van der Waals surface area (Å²) in [7, 11) is 0. The molecule has 6 nitrogen and oxygen atoms in total. The fourth-order valence-electron chi connectivity index (χ4n) is 2.52. The van der Waals surface area contributed by atoms with Crippen LogP contribution < -0.4 is 4.90 Å². The van der Waals surface area contributed by atoms with E-state index >= 15 is 0 Å². The number of nitrogens with zero attached hydrogens (tertiary/aromatic N) is 4. The van der Waals surface area contributed by atoms with Crippen LogP contribution in [0.25, 0.3) is 0 Å². The van der Waals surface area contributed by atoms with E-state index in [4.69, 9.17) is 9.52 Å². The molecule has 21 heavy (non-hydrogen) atoms. The maximum absolute atomic E-state index is 8.95. The smallest absolute Gasteiger partial charge is 0.318 e. The van der Waals surface area contributed by atoms with E-state index in [1.165, 1.54) is 5.56 Å². The fraction of sp³-hybridized carbons (Fsp3) is 0.467. The maximum atomic E-state index is 8.95. The molecule has 0 aliphatic carbocycles. The third-order valence-corrected chi connectivity index (χ3v) is 3.71. The molecule has 1 aliphatic heterocycles. The van der Waals surface area contributed by atoms with Crippen LogP contribution >= 0.6 is 0 Å². The molecule has 2 heterocycles. The lowest BCUT2D eigenvalue weighted by Crippen LogP contribution is -2.47. The summed E-state index contributed by atoms with van der Waals surface area (Å²) in [6.45, 7) is 4.48. The second-order valence-corrected chi connectivity index (χ2v) is 5.19. The van der Waals surface area contributed by atoms with E-state index in [9.17, 15) is 0 Å². The van der Waals surface area contributed by atoms with E-state index in [2.05, 4.69) is 32.1 Å². The summed E-state index contributed by atoms with van der Waals surface area (Å²) in [4.78, 5) is 4.34. The molecule has 0 atom stereocenters. The number of piperazine rings is 1. The Kier molecular flexibility index (Phi) is 4.47. The molecule has 1 aromatic carbocycles. The number of benzene rings is 1. The van der Waals surface area contributed by atoms with Crippen LogP contribution in [0.3, 0.4) is 0 Å². The number of rotatable bonds is 5. The van der Waals surface area contributed by atoms with E-state index < -0.39 is 0 Å². The first-order valence-corrected chi connectivity index (χ1v) is 7.29. The Bertz CT molecular complexity index is 550. The zero-order valence-electron chi connectivity index (χ0n) is 12.0. The highest BCUT2D eigenvalue weighted by molar-refractivity contribution is 5.26. The molecule has 1 N–H and O–H groups in total. The van der Waals surface area contributed by atoms with Gasteiger partial charge in [0.25, 0.3) is 0 Å². The standard InChI is InChI=1S/C15H20N4O2/c20-11-10-18-6-8-19(9-7-18)15-17-16-14(21-15)12-13-4-2-1-3-5-13/h1-5,20H,6-12H2. The number of aliphatic hydroxyl groups excluding tert-OH is 1. The van der Waals surface area contributed by atoms with Gasteiger partial charge in [-0.3, -0.25) is 4.90 Å². The molecule has 0 radical (unpaired) electrons. The van der Waals surface area contributed by atoms with Gasteiger partial charge in [-0.15, -0.1) is 5.10 Å². The molecule has 2 aromatic rings. The number of β-amino-alcohol motifs (C(OH)–C–C–N with tert-alkyl or cyclic N) is 1. The van der Waals surface area contributed by atoms with Crippen LogP contribution in [0.1, 0.15) is 11.5 Å². The van der Waals surface area contributed by atoms with Crippen molar-refractivity contribution >= 4 is 6.01 Å². The Hall–Kier alpha value is -1.92. The molecule has 0 spiro atoms. The second-order valence-electron chi connectivity index (χ2n) is 5.19. The molecule has 112 valence electrons. The Morgan fingerprint density at radius 3 is 2.52 bits per heavy atom. The van der Waals surface area contributed by atoms with Crippen LogP contribution in [0.4, 0.5) is 6.01 Å². The fourth-order valence-corrected chi connectivity index (χ4v) is 2.52. The van der Waals surface area contributed by atoms with E-state index in [-0.39, 0.29) is 6.61 Å². The van der Waals surface area contributed by atoms with Gasteiger partial charge in [0.05, 0.1) is 13.0 Å². The van der Waals surface area contributed by atoms with Gasteiger partial charge in [-0.1, -0.05) is 35.4 Å². The Morgan fingerprint density at radius 2 is 1.81 bits per heavy atom. The molecule has 0 bridgehead atoms. The first-order chi connectivity index (χ1) is 10.3. The van der Waals surface area contributed by atoms with E-state index in [0.717, 1.165) is 32.7 Å². The van der Waals surface area contributed by atoms with Crippen molar-refractivity contribution in [3.05, 3.63) is 41.8 Å². The van der Waals surface area contributed by atoms with Crippen molar-refractivity contribution < 1.29 is 9.52 Å². The minimum absolute atomic E-state index is 0.210. The number of hydrogen-bond donors (Lipinski definition) is 1. The lowest BCUT2D eigenvalue weighted by Gasteiger charge is -2.33. The van der Waals surface area contributed by atoms with Crippen LogP contribution in [0, 0.1) is 0 Å². The average molecular weight is 288 g/mol. The van der Waals surface area contributed by atoms with Gasteiger partial charge in [0.2, 0.25) is 5.89 Å². The van der Waals surface area contributed by atoms with Crippen molar-refractivity contribution in [3.8, 4) is 0 Å². The minimum Gasteiger partial charge on any atom is -0.408 e. The summed E-state index contributed by atoms with van der Waals surface area (Å²) >= 11 is 0. The SMILES string of the molecule is OCCN1CCN(c2nnc(Cc3ccccc3)o2)CC1. The summed E-state index contributed by atoms with van der Waals surface area (Å²) in [5, 5.41) is 17.2. The summed E-state index contributed by atoms with van der Waals surface area (Å²) in [5.74, 6) is 0.647. The van der Waals surface area contributed by atoms with Gasteiger partial charge in [0.1, 0.15) is 0 Å². The largest absolute Gasteiger partial charge is 0.408 e. The highest BCUT2D eigenvalue weighted by atomic mass is 16.4. The van der Waals surface area contributed by atoms with Crippen LogP contribution in [0.2, 0.25) is 0 Å². The highest BCUT2D eigenvalue weighted by Gasteiger charge is 2.20. The van der Waals surface area contributed by atoms with Gasteiger partial charge in [0, 0.05) is 32.7 Å². The maximum Gasteiger partial charge on any atom is 0.318 e. The topological polar surface area (TPSA) is 65.6 Å². The van der Waals surface area contributed by atoms with Crippen LogP contribution in [-0.4, -0.2) is 59.5 Å². The number of hydrogen-bond acceptors (Lipinski definition) is 6. The first kappa shape index (κ1) is 14.0. The molecular formula is C15H20N4O2. The third kappa shape index (κ3) is 3.59. The molecule has 0 amide bonds. The van der Waals surface area contributed by atoms with Crippen LogP contribution in [-0.2, 0) is 6.42 Å². The second kappa shape index (κ2) is 6.69. The molecular weight excluding hydrogens is 268 g/mol. The van der Waals surface area contributed by atoms with E-state index in [0.29, 0.717) is 18.3 Å². The first-order valence-electron chi connectivity index (χ1n) is 7.29. The number of anilines is 1. The molecule has 0 saturated carbocycles. The van der Waals surface area contributed by atoms with E-state index in [1.807, 2.05) is 18.2 Å². The van der Waals surface area contributed by atoms with Gasteiger partial charge in [-0.25, -0.2) is 0 Å². The summed E-state index contributed by atoms with van der Waals surface area (Å²) in [6, 6.07) is 10.7. The highest BCUT2D eigenvalue weighted by Crippen LogP contribution is 2.16. The van der Waals surface area contributed by atoms with Crippen molar-refractivity contribution in [2.24, 2.45) is 0 Å².